The minimum atomic E-state index is -0.0156. The van der Waals surface area contributed by atoms with Gasteiger partial charge in [-0.05, 0) is 65.2 Å². The molecule has 1 fully saturated rings. The molecule has 4 rings (SSSR count). The second-order valence-corrected chi connectivity index (χ2v) is 8.25. The fourth-order valence-corrected chi connectivity index (χ4v) is 3.83. The number of halogens is 2. The summed E-state index contributed by atoms with van der Waals surface area (Å²) in [6, 6.07) is 9.68. The number of amides is 1. The molecule has 154 valence electrons. The maximum Gasteiger partial charge on any atom is 0.245 e. The number of rotatable bonds is 5. The first-order chi connectivity index (χ1) is 14.5. The molecule has 9 heteroatoms. The lowest BCUT2D eigenvalue weighted by atomic mass is 10.0. The van der Waals surface area contributed by atoms with Gasteiger partial charge in [0.1, 0.15) is 17.7 Å². The lowest BCUT2D eigenvalue weighted by Gasteiger charge is -2.32. The van der Waals surface area contributed by atoms with Crippen molar-refractivity contribution in [2.75, 3.05) is 23.7 Å². The Kier molecular flexibility index (Phi) is 6.15. The maximum atomic E-state index is 11.7. The van der Waals surface area contributed by atoms with Crippen molar-refractivity contribution in [2.24, 2.45) is 0 Å². The van der Waals surface area contributed by atoms with Crippen LogP contribution in [-0.2, 0) is 4.79 Å². The Morgan fingerprint density at radius 2 is 2.03 bits per heavy atom. The summed E-state index contributed by atoms with van der Waals surface area (Å²) < 4.78 is 0.827. The molecular weight excluding hydrogens is 468 g/mol. The number of nitrogens with zero attached hydrogens (tertiary/aromatic N) is 4. The van der Waals surface area contributed by atoms with E-state index >= 15 is 0 Å². The van der Waals surface area contributed by atoms with Gasteiger partial charge in [-0.1, -0.05) is 18.2 Å². The number of piperidine rings is 1. The zero-order chi connectivity index (χ0) is 21.1. The average molecular weight is 488 g/mol. The molecule has 30 heavy (non-hydrogen) atoms. The molecule has 0 bridgehead atoms. The van der Waals surface area contributed by atoms with E-state index in [4.69, 9.17) is 16.6 Å². The lowest BCUT2D eigenvalue weighted by molar-refractivity contribution is -0.126. The molecule has 2 N–H and O–H groups in total. The fourth-order valence-electron chi connectivity index (χ4n) is 3.41. The van der Waals surface area contributed by atoms with Crippen LogP contribution in [0.2, 0.25) is 5.02 Å². The molecule has 0 saturated carbocycles. The summed E-state index contributed by atoms with van der Waals surface area (Å²) in [5.41, 5.74) is 2.22. The largest absolute Gasteiger partial charge is 0.367 e. The van der Waals surface area contributed by atoms with Gasteiger partial charge in [-0.2, -0.15) is 0 Å². The quantitative estimate of drug-likeness (QED) is 0.504. The third-order valence-corrected chi connectivity index (χ3v) is 6.23. The molecule has 1 saturated heterocycles. The van der Waals surface area contributed by atoms with Gasteiger partial charge in [0.2, 0.25) is 5.91 Å². The molecule has 7 nitrogen and oxygen atoms in total. The number of benzene rings is 1. The van der Waals surface area contributed by atoms with Gasteiger partial charge < -0.3 is 15.5 Å². The first kappa shape index (κ1) is 20.6. The number of hydrogen-bond donors (Lipinski definition) is 2. The summed E-state index contributed by atoms with van der Waals surface area (Å²) in [6.07, 6.45) is 4.58. The van der Waals surface area contributed by atoms with Gasteiger partial charge in [-0.3, -0.25) is 4.79 Å². The van der Waals surface area contributed by atoms with Crippen LogP contribution in [0, 0.1) is 0 Å². The smallest absolute Gasteiger partial charge is 0.245 e. The van der Waals surface area contributed by atoms with E-state index in [0.717, 1.165) is 34.3 Å². The third kappa shape index (κ3) is 4.55. The van der Waals surface area contributed by atoms with Crippen LogP contribution in [-0.4, -0.2) is 44.9 Å². The maximum absolute atomic E-state index is 11.7. The van der Waals surface area contributed by atoms with Gasteiger partial charge in [0, 0.05) is 29.3 Å². The van der Waals surface area contributed by atoms with Crippen molar-refractivity contribution in [2.45, 2.75) is 18.9 Å². The highest BCUT2D eigenvalue weighted by Gasteiger charge is 2.21. The molecule has 0 spiro atoms. The van der Waals surface area contributed by atoms with Crippen molar-refractivity contribution in [3.05, 3.63) is 58.8 Å². The topological polar surface area (TPSA) is 83.0 Å². The van der Waals surface area contributed by atoms with Crippen LogP contribution < -0.4 is 10.6 Å². The van der Waals surface area contributed by atoms with Crippen molar-refractivity contribution < 1.29 is 4.79 Å². The van der Waals surface area contributed by atoms with Crippen molar-refractivity contribution >= 4 is 61.8 Å². The number of aromatic nitrogens is 3. The zero-order valence-corrected chi connectivity index (χ0v) is 18.4. The molecule has 0 atom stereocenters. The SMILES string of the molecule is C=CC(=O)N1CCC(Nc2ccc3ncnc(Nc4ccc(Br)c(Cl)c4)c3n2)CC1. The van der Waals surface area contributed by atoms with Gasteiger partial charge in [0.25, 0.3) is 0 Å². The van der Waals surface area contributed by atoms with E-state index in [9.17, 15) is 4.79 Å². The Balaban J connectivity index is 1.52. The predicted octanol–water partition coefficient (Wildman–Crippen LogP) is 4.77. The van der Waals surface area contributed by atoms with Crippen LogP contribution in [0.25, 0.3) is 11.0 Å². The Bertz CT molecular complexity index is 1100. The highest BCUT2D eigenvalue weighted by atomic mass is 79.9. The number of anilines is 3. The molecule has 0 aliphatic carbocycles. The molecule has 1 aliphatic heterocycles. The zero-order valence-electron chi connectivity index (χ0n) is 16.1. The predicted molar refractivity (Wildman–Crippen MR) is 123 cm³/mol. The number of nitrogens with one attached hydrogen (secondary N) is 2. The van der Waals surface area contributed by atoms with Crippen LogP contribution in [0.5, 0.6) is 0 Å². The van der Waals surface area contributed by atoms with Gasteiger partial charge in [0.05, 0.1) is 10.5 Å². The highest BCUT2D eigenvalue weighted by Crippen LogP contribution is 2.29. The van der Waals surface area contributed by atoms with Crippen molar-refractivity contribution in [3.8, 4) is 0 Å². The highest BCUT2D eigenvalue weighted by molar-refractivity contribution is 9.10. The number of pyridine rings is 1. The van der Waals surface area contributed by atoms with Crippen LogP contribution in [0.4, 0.5) is 17.3 Å². The second kappa shape index (κ2) is 8.97. The monoisotopic (exact) mass is 486 g/mol. The van der Waals surface area contributed by atoms with Crippen molar-refractivity contribution in [1.29, 1.82) is 0 Å². The molecule has 0 unspecified atom stereocenters. The van der Waals surface area contributed by atoms with Crippen LogP contribution in [0.15, 0.2) is 53.8 Å². The van der Waals surface area contributed by atoms with Gasteiger partial charge in [-0.25, -0.2) is 15.0 Å². The molecule has 1 aromatic carbocycles. The molecule has 1 aliphatic rings. The standard InChI is InChI=1S/C21H20BrClN6O/c1-2-19(30)29-9-7-13(8-10-29)26-18-6-5-17-20(28-18)21(25-12-24-17)27-14-3-4-15(22)16(23)11-14/h2-6,11-13H,1,7-10H2,(H,26,28)(H,24,25,27). The molecule has 3 heterocycles. The summed E-state index contributed by atoms with van der Waals surface area (Å²) in [6.45, 7) is 4.96. The molecule has 2 aromatic heterocycles. The number of fused-ring (bicyclic) bond motifs is 1. The van der Waals surface area contributed by atoms with Gasteiger partial charge in [-0.15, -0.1) is 0 Å². The first-order valence-corrected chi connectivity index (χ1v) is 10.7. The first-order valence-electron chi connectivity index (χ1n) is 9.55. The minimum Gasteiger partial charge on any atom is -0.367 e. The normalized spacial score (nSPS) is 14.5. The summed E-state index contributed by atoms with van der Waals surface area (Å²) in [7, 11) is 0. The van der Waals surface area contributed by atoms with E-state index in [2.05, 4.69) is 43.1 Å². The molecular formula is C21H20BrClN6O. The van der Waals surface area contributed by atoms with Gasteiger partial charge >= 0.3 is 0 Å². The summed E-state index contributed by atoms with van der Waals surface area (Å²) in [5.74, 6) is 1.34. The van der Waals surface area contributed by atoms with E-state index in [1.165, 1.54) is 12.4 Å². The minimum absolute atomic E-state index is 0.0156. The molecule has 3 aromatic rings. The van der Waals surface area contributed by atoms with Crippen LogP contribution >= 0.6 is 27.5 Å². The van der Waals surface area contributed by atoms with Crippen LogP contribution in [0.1, 0.15) is 12.8 Å². The van der Waals surface area contributed by atoms with E-state index in [0.29, 0.717) is 29.4 Å². The molecule has 0 radical (unpaired) electrons. The summed E-state index contributed by atoms with van der Waals surface area (Å²) in [5, 5.41) is 7.35. The summed E-state index contributed by atoms with van der Waals surface area (Å²) in [4.78, 5) is 27.0. The van der Waals surface area contributed by atoms with E-state index < -0.39 is 0 Å². The lowest BCUT2D eigenvalue weighted by Crippen LogP contribution is -2.41. The number of carbonyl (C=O) groups is 1. The van der Waals surface area contributed by atoms with Crippen molar-refractivity contribution in [3.63, 3.8) is 0 Å². The van der Waals surface area contributed by atoms with E-state index in [1.54, 1.807) is 0 Å². The van der Waals surface area contributed by atoms with E-state index in [1.807, 2.05) is 35.2 Å². The fraction of sp³-hybridized carbons (Fsp3) is 0.238. The average Bonchev–Trinajstić information content (AvgIpc) is 2.77. The second-order valence-electron chi connectivity index (χ2n) is 6.99. The Labute approximate surface area is 187 Å². The number of likely N-dealkylation sites (tertiary alicyclic amines) is 1. The number of carbonyl (C=O) groups excluding carboxylic acids is 1. The van der Waals surface area contributed by atoms with Crippen LogP contribution in [0.3, 0.4) is 0 Å². The summed E-state index contributed by atoms with van der Waals surface area (Å²) >= 11 is 9.59. The Morgan fingerprint density at radius 1 is 1.23 bits per heavy atom. The Hall–Kier alpha value is -2.71. The number of hydrogen-bond acceptors (Lipinski definition) is 6. The molecule has 1 amide bonds. The van der Waals surface area contributed by atoms with Gasteiger partial charge in [0.15, 0.2) is 5.82 Å². The Morgan fingerprint density at radius 3 is 2.77 bits per heavy atom. The van der Waals surface area contributed by atoms with Crippen molar-refractivity contribution in [1.82, 2.24) is 19.9 Å². The third-order valence-electron chi connectivity index (χ3n) is 5.00. The van der Waals surface area contributed by atoms with E-state index in [-0.39, 0.29) is 11.9 Å².